The molecule has 0 amide bonds. The molecule has 1 atom stereocenters. The number of aliphatic hydroxyl groups is 1. The number of carboxylic acids is 1. The highest BCUT2D eigenvalue weighted by Crippen LogP contribution is 2.03. The molecule has 0 saturated carbocycles. The molecule has 3 N–H and O–H groups in total. The van der Waals surface area contributed by atoms with Crippen molar-refractivity contribution in [3.63, 3.8) is 0 Å². The lowest BCUT2D eigenvalue weighted by atomic mass is 10.2. The van der Waals surface area contributed by atoms with Crippen molar-refractivity contribution in [3.8, 4) is 0 Å². The number of rotatable bonds is 6. The Morgan fingerprint density at radius 2 is 1.95 bits per heavy atom. The van der Waals surface area contributed by atoms with Gasteiger partial charge in [0.05, 0.1) is 0 Å². The van der Waals surface area contributed by atoms with Crippen LogP contribution in [-0.4, -0.2) is 46.4 Å². The fraction of sp³-hybridized carbons (Fsp3) is 0.500. The van der Waals surface area contributed by atoms with Gasteiger partial charge in [0.2, 0.25) is 10.0 Å². The molecule has 0 fully saturated rings. The predicted octanol–water partition coefficient (Wildman–Crippen LogP) is -2.80. The van der Waals surface area contributed by atoms with E-state index in [4.69, 9.17) is 10.2 Å². The third-order valence-electron chi connectivity index (χ3n) is 2.72. The number of aryl methyl sites for hydroxylation is 1. The quantitative estimate of drug-likeness (QED) is 0.512. The van der Waals surface area contributed by atoms with E-state index in [0.29, 0.717) is 4.57 Å². The van der Waals surface area contributed by atoms with E-state index in [1.54, 1.807) is 0 Å². The van der Waals surface area contributed by atoms with E-state index in [2.05, 4.69) is 0 Å². The summed E-state index contributed by atoms with van der Waals surface area (Å²) in [5, 5.41) is 17.6. The maximum Gasteiger partial charge on any atom is 0.330 e. The third-order valence-corrected chi connectivity index (χ3v) is 4.17. The van der Waals surface area contributed by atoms with Crippen LogP contribution in [0.2, 0.25) is 0 Å². The van der Waals surface area contributed by atoms with Crippen LogP contribution >= 0.6 is 0 Å². The number of hydrogen-bond acceptors (Lipinski definition) is 6. The number of carbonyl (C=O) groups is 1. The zero-order valence-corrected chi connectivity index (χ0v) is 12.1. The molecule has 1 aromatic rings. The largest absolute Gasteiger partial charge is 0.480 e. The van der Waals surface area contributed by atoms with Gasteiger partial charge in [0, 0.05) is 26.9 Å². The highest BCUT2D eigenvalue weighted by Gasteiger charge is 2.28. The summed E-state index contributed by atoms with van der Waals surface area (Å²) in [5.74, 6) is -1.49. The van der Waals surface area contributed by atoms with E-state index in [-0.39, 0.29) is 6.42 Å². The lowest BCUT2D eigenvalue weighted by molar-refractivity contribution is -0.139. The molecular weight excluding hydrogens is 306 g/mol. The van der Waals surface area contributed by atoms with Gasteiger partial charge < -0.3 is 14.8 Å². The molecule has 0 bridgehead atoms. The van der Waals surface area contributed by atoms with E-state index < -0.39 is 44.8 Å². The highest BCUT2D eigenvalue weighted by atomic mass is 32.2. The maximum absolute atomic E-state index is 12.1. The first-order chi connectivity index (χ1) is 9.61. The molecule has 0 aliphatic carbocycles. The van der Waals surface area contributed by atoms with Gasteiger partial charge in [-0.05, 0) is 6.42 Å². The van der Waals surface area contributed by atoms with Crippen molar-refractivity contribution in [1.82, 2.24) is 13.9 Å². The second kappa shape index (κ2) is 6.20. The van der Waals surface area contributed by atoms with Crippen LogP contribution in [0.25, 0.3) is 0 Å². The van der Waals surface area contributed by atoms with Gasteiger partial charge in [-0.3, -0.25) is 14.2 Å². The van der Waals surface area contributed by atoms with E-state index in [1.807, 2.05) is 4.72 Å². The Morgan fingerprint density at radius 1 is 1.38 bits per heavy atom. The molecule has 0 saturated heterocycles. The van der Waals surface area contributed by atoms with Crippen molar-refractivity contribution in [2.75, 3.05) is 6.61 Å². The summed E-state index contributed by atoms with van der Waals surface area (Å²) in [7, 11) is -2.10. The Hall–Kier alpha value is -1.98. The summed E-state index contributed by atoms with van der Waals surface area (Å²) < 4.78 is 27.4. The van der Waals surface area contributed by atoms with Crippen molar-refractivity contribution in [2.45, 2.75) is 17.4 Å². The van der Waals surface area contributed by atoms with Gasteiger partial charge in [0.25, 0.3) is 5.56 Å². The Kier molecular flexibility index (Phi) is 5.04. The number of carboxylic acid groups (broad SMARTS) is 1. The van der Waals surface area contributed by atoms with E-state index in [9.17, 15) is 22.8 Å². The normalized spacial score (nSPS) is 13.1. The highest BCUT2D eigenvalue weighted by molar-refractivity contribution is 7.89. The van der Waals surface area contributed by atoms with Gasteiger partial charge in [-0.25, -0.2) is 13.2 Å². The van der Waals surface area contributed by atoms with Crippen LogP contribution < -0.4 is 16.0 Å². The van der Waals surface area contributed by atoms with Crippen LogP contribution in [0.4, 0.5) is 0 Å². The molecule has 118 valence electrons. The summed E-state index contributed by atoms with van der Waals surface area (Å²) in [4.78, 5) is 33.5. The number of aliphatic hydroxyl groups excluding tert-OH is 1. The number of sulfonamides is 1. The molecule has 1 aromatic heterocycles. The molecule has 21 heavy (non-hydrogen) atoms. The Balaban J connectivity index is 3.36. The van der Waals surface area contributed by atoms with Gasteiger partial charge in [0.1, 0.15) is 6.04 Å². The van der Waals surface area contributed by atoms with Gasteiger partial charge >= 0.3 is 11.7 Å². The number of nitrogens with one attached hydrogen (secondary N) is 1. The summed E-state index contributed by atoms with van der Waals surface area (Å²) >= 11 is 0. The molecule has 11 heteroatoms. The summed E-state index contributed by atoms with van der Waals surface area (Å²) in [6.45, 7) is -0.551. The number of aliphatic carboxylic acids is 1. The minimum Gasteiger partial charge on any atom is -0.480 e. The molecule has 0 unspecified atom stereocenters. The lowest BCUT2D eigenvalue weighted by Gasteiger charge is -2.14. The number of hydrogen-bond donors (Lipinski definition) is 3. The average Bonchev–Trinajstić information content (AvgIpc) is 2.39. The minimum absolute atomic E-state index is 0.360. The molecule has 1 rings (SSSR count). The fourth-order valence-electron chi connectivity index (χ4n) is 1.57. The number of nitrogens with zero attached hydrogens (tertiary/aromatic N) is 2. The first kappa shape index (κ1) is 17.1. The Morgan fingerprint density at radius 3 is 2.43 bits per heavy atom. The smallest absolute Gasteiger partial charge is 0.330 e. The number of aromatic nitrogens is 2. The standard InChI is InChI=1S/C10H15N3O7S/c1-12-5-7(8(15)13(2)10(12)18)21(19,20)11-6(3-4-14)9(16)17/h5-6,11,14H,3-4H2,1-2H3,(H,16,17)/t6-/m1/s1. The van der Waals surface area contributed by atoms with Gasteiger partial charge in [-0.15, -0.1) is 0 Å². The summed E-state index contributed by atoms with van der Waals surface area (Å²) in [6.07, 6.45) is 0.450. The Bertz CT molecular complexity index is 762. The lowest BCUT2D eigenvalue weighted by Crippen LogP contribution is -2.46. The topological polar surface area (TPSA) is 148 Å². The van der Waals surface area contributed by atoms with Crippen molar-refractivity contribution in [3.05, 3.63) is 27.0 Å². The predicted molar refractivity (Wildman–Crippen MR) is 70.4 cm³/mol. The molecule has 1 heterocycles. The van der Waals surface area contributed by atoms with E-state index in [1.165, 1.54) is 7.05 Å². The monoisotopic (exact) mass is 321 g/mol. The van der Waals surface area contributed by atoms with Crippen molar-refractivity contribution < 1.29 is 23.4 Å². The zero-order chi connectivity index (χ0) is 16.4. The molecule has 0 aliphatic rings. The van der Waals surface area contributed by atoms with Crippen LogP contribution in [0.15, 0.2) is 20.7 Å². The van der Waals surface area contributed by atoms with Crippen LogP contribution in [0.3, 0.4) is 0 Å². The molecule has 0 spiro atoms. The third kappa shape index (κ3) is 3.56. The van der Waals surface area contributed by atoms with Gasteiger partial charge in [-0.1, -0.05) is 0 Å². The zero-order valence-electron chi connectivity index (χ0n) is 11.3. The van der Waals surface area contributed by atoms with Crippen molar-refractivity contribution in [1.29, 1.82) is 0 Å². The van der Waals surface area contributed by atoms with Crippen LogP contribution in [0.5, 0.6) is 0 Å². The van der Waals surface area contributed by atoms with Gasteiger partial charge in [-0.2, -0.15) is 4.72 Å². The van der Waals surface area contributed by atoms with E-state index in [0.717, 1.165) is 17.8 Å². The second-order valence-electron chi connectivity index (χ2n) is 4.28. The Labute approximate surface area is 119 Å². The molecule has 0 radical (unpaired) electrons. The molecule has 0 aromatic carbocycles. The maximum atomic E-state index is 12.1. The van der Waals surface area contributed by atoms with Crippen molar-refractivity contribution >= 4 is 16.0 Å². The second-order valence-corrected chi connectivity index (χ2v) is 5.96. The van der Waals surface area contributed by atoms with E-state index >= 15 is 0 Å². The first-order valence-electron chi connectivity index (χ1n) is 5.74. The minimum atomic E-state index is -4.45. The van der Waals surface area contributed by atoms with Gasteiger partial charge in [0.15, 0.2) is 4.90 Å². The van der Waals surface area contributed by atoms with Crippen LogP contribution in [0, 0.1) is 0 Å². The molecular formula is C10H15N3O7S. The molecule has 10 nitrogen and oxygen atoms in total. The molecule has 0 aliphatic heterocycles. The van der Waals surface area contributed by atoms with Crippen molar-refractivity contribution in [2.24, 2.45) is 14.1 Å². The average molecular weight is 321 g/mol. The summed E-state index contributed by atoms with van der Waals surface area (Å²) in [6, 6.07) is -1.58. The fourth-order valence-corrected chi connectivity index (χ4v) is 2.96. The first-order valence-corrected chi connectivity index (χ1v) is 7.22. The van der Waals surface area contributed by atoms with Crippen LogP contribution in [0.1, 0.15) is 6.42 Å². The SMILES string of the molecule is Cn1cc(S(=O)(=O)N[C@H](CCO)C(=O)O)c(=O)n(C)c1=O. The summed E-state index contributed by atoms with van der Waals surface area (Å²) in [5.41, 5.74) is -1.79. The van der Waals surface area contributed by atoms with Crippen LogP contribution in [-0.2, 0) is 28.9 Å².